The monoisotopic (exact) mass is 159 g/mol. The SMILES string of the molecule is [C-]#[N+]c1ccccc1[C@H](C)CC. The van der Waals surface area contributed by atoms with Crippen LogP contribution in [0.1, 0.15) is 31.7 Å². The minimum atomic E-state index is 0.496. The third-order valence-corrected chi connectivity index (χ3v) is 2.20. The van der Waals surface area contributed by atoms with Gasteiger partial charge in [-0.1, -0.05) is 44.5 Å². The van der Waals surface area contributed by atoms with Crippen molar-refractivity contribution >= 4 is 5.69 Å². The van der Waals surface area contributed by atoms with E-state index in [1.165, 1.54) is 5.56 Å². The van der Waals surface area contributed by atoms with E-state index >= 15 is 0 Å². The van der Waals surface area contributed by atoms with E-state index in [1.807, 2.05) is 24.3 Å². The van der Waals surface area contributed by atoms with E-state index in [1.54, 1.807) is 0 Å². The molecule has 1 nitrogen and oxygen atoms in total. The maximum absolute atomic E-state index is 6.98. The molecule has 1 aromatic carbocycles. The molecule has 0 unspecified atom stereocenters. The van der Waals surface area contributed by atoms with E-state index in [2.05, 4.69) is 18.7 Å². The van der Waals surface area contributed by atoms with E-state index in [-0.39, 0.29) is 0 Å². The molecule has 0 aliphatic heterocycles. The molecule has 0 aliphatic carbocycles. The van der Waals surface area contributed by atoms with Crippen LogP contribution in [0.25, 0.3) is 4.85 Å². The van der Waals surface area contributed by atoms with Gasteiger partial charge in [0.2, 0.25) is 0 Å². The molecular formula is C11H13N. The zero-order valence-corrected chi connectivity index (χ0v) is 7.54. The van der Waals surface area contributed by atoms with Gasteiger partial charge in [0.25, 0.3) is 0 Å². The van der Waals surface area contributed by atoms with Crippen LogP contribution in [0.2, 0.25) is 0 Å². The lowest BCUT2D eigenvalue weighted by molar-refractivity contribution is 0.736. The second-order valence-corrected chi connectivity index (χ2v) is 2.98. The van der Waals surface area contributed by atoms with Crippen molar-refractivity contribution < 1.29 is 0 Å². The van der Waals surface area contributed by atoms with Crippen LogP contribution in [0, 0.1) is 6.57 Å². The summed E-state index contributed by atoms with van der Waals surface area (Å²) in [5, 5.41) is 0. The van der Waals surface area contributed by atoms with Gasteiger partial charge in [0.1, 0.15) is 0 Å². The predicted octanol–water partition coefficient (Wildman–Crippen LogP) is 3.75. The lowest BCUT2D eigenvalue weighted by Crippen LogP contribution is -1.90. The normalized spacial score (nSPS) is 12.1. The molecule has 0 N–H and O–H groups in total. The van der Waals surface area contributed by atoms with Gasteiger partial charge in [0.05, 0.1) is 6.57 Å². The quantitative estimate of drug-likeness (QED) is 0.579. The molecule has 1 atom stereocenters. The van der Waals surface area contributed by atoms with Crippen LogP contribution in [-0.2, 0) is 0 Å². The summed E-state index contributed by atoms with van der Waals surface area (Å²) < 4.78 is 0. The Morgan fingerprint density at radius 2 is 2.08 bits per heavy atom. The summed E-state index contributed by atoms with van der Waals surface area (Å²) >= 11 is 0. The summed E-state index contributed by atoms with van der Waals surface area (Å²) in [6.07, 6.45) is 1.09. The molecule has 0 heterocycles. The van der Waals surface area contributed by atoms with Crippen molar-refractivity contribution in [3.05, 3.63) is 41.2 Å². The van der Waals surface area contributed by atoms with Gasteiger partial charge in [-0.2, -0.15) is 0 Å². The van der Waals surface area contributed by atoms with Gasteiger partial charge >= 0.3 is 0 Å². The zero-order chi connectivity index (χ0) is 8.97. The molecule has 1 rings (SSSR count). The van der Waals surface area contributed by atoms with Gasteiger partial charge in [-0.05, 0) is 11.5 Å². The number of para-hydroxylation sites is 1. The molecule has 0 radical (unpaired) electrons. The lowest BCUT2D eigenvalue weighted by Gasteiger charge is -2.09. The first-order chi connectivity index (χ1) is 5.79. The Kier molecular flexibility index (Phi) is 2.88. The highest BCUT2D eigenvalue weighted by molar-refractivity contribution is 5.53. The fourth-order valence-corrected chi connectivity index (χ4v) is 1.23. The third kappa shape index (κ3) is 1.65. The summed E-state index contributed by atoms with van der Waals surface area (Å²) in [5.74, 6) is 0.496. The van der Waals surface area contributed by atoms with E-state index in [0.29, 0.717) is 5.92 Å². The molecule has 0 aliphatic rings. The average Bonchev–Trinajstić information content (AvgIpc) is 2.16. The van der Waals surface area contributed by atoms with Crippen molar-refractivity contribution in [3.8, 4) is 0 Å². The fraction of sp³-hybridized carbons (Fsp3) is 0.364. The van der Waals surface area contributed by atoms with Gasteiger partial charge in [0, 0.05) is 0 Å². The topological polar surface area (TPSA) is 4.36 Å². The highest BCUT2D eigenvalue weighted by Crippen LogP contribution is 2.28. The number of nitrogens with zero attached hydrogens (tertiary/aromatic N) is 1. The molecule has 1 aromatic rings. The molecule has 12 heavy (non-hydrogen) atoms. The standard InChI is InChI=1S/C11H13N/c1-4-9(2)10-7-5-6-8-11(10)12-3/h5-9H,4H2,1-2H3/t9-/m1/s1. The van der Waals surface area contributed by atoms with E-state index in [9.17, 15) is 0 Å². The van der Waals surface area contributed by atoms with Crippen molar-refractivity contribution in [2.45, 2.75) is 26.2 Å². The number of hydrogen-bond donors (Lipinski definition) is 0. The van der Waals surface area contributed by atoms with Crippen LogP contribution in [-0.4, -0.2) is 0 Å². The minimum Gasteiger partial charge on any atom is -0.238 e. The molecule has 0 amide bonds. The van der Waals surface area contributed by atoms with Crippen molar-refractivity contribution in [1.29, 1.82) is 0 Å². The van der Waals surface area contributed by atoms with Crippen LogP contribution in [0.4, 0.5) is 5.69 Å². The maximum Gasteiger partial charge on any atom is 0.190 e. The van der Waals surface area contributed by atoms with Crippen molar-refractivity contribution in [2.24, 2.45) is 0 Å². The molecular weight excluding hydrogens is 146 g/mol. The summed E-state index contributed by atoms with van der Waals surface area (Å²) in [6, 6.07) is 7.84. The van der Waals surface area contributed by atoms with Crippen molar-refractivity contribution in [1.82, 2.24) is 0 Å². The maximum atomic E-state index is 6.98. The molecule has 0 aromatic heterocycles. The molecule has 0 saturated carbocycles. The number of rotatable bonds is 2. The van der Waals surface area contributed by atoms with Gasteiger partial charge in [0.15, 0.2) is 5.69 Å². The van der Waals surface area contributed by atoms with Gasteiger partial charge < -0.3 is 0 Å². The van der Waals surface area contributed by atoms with Gasteiger partial charge in [-0.15, -0.1) is 0 Å². The highest BCUT2D eigenvalue weighted by Gasteiger charge is 2.06. The van der Waals surface area contributed by atoms with Gasteiger partial charge in [-0.3, -0.25) is 0 Å². The van der Waals surface area contributed by atoms with E-state index in [0.717, 1.165) is 12.1 Å². The Labute approximate surface area is 73.9 Å². The fourth-order valence-electron chi connectivity index (χ4n) is 1.23. The van der Waals surface area contributed by atoms with Crippen LogP contribution >= 0.6 is 0 Å². The lowest BCUT2D eigenvalue weighted by atomic mass is 9.97. The average molecular weight is 159 g/mol. The summed E-state index contributed by atoms with van der Waals surface area (Å²) in [5.41, 5.74) is 1.97. The summed E-state index contributed by atoms with van der Waals surface area (Å²) in [6.45, 7) is 11.3. The Hall–Kier alpha value is -1.29. The second-order valence-electron chi connectivity index (χ2n) is 2.98. The largest absolute Gasteiger partial charge is 0.238 e. The molecule has 1 heteroatoms. The van der Waals surface area contributed by atoms with E-state index < -0.39 is 0 Å². The van der Waals surface area contributed by atoms with Gasteiger partial charge in [-0.25, -0.2) is 4.85 Å². The van der Waals surface area contributed by atoms with E-state index in [4.69, 9.17) is 6.57 Å². The Bertz CT molecular complexity index is 296. The first kappa shape index (κ1) is 8.80. The molecule has 62 valence electrons. The Morgan fingerprint density at radius 3 is 2.67 bits per heavy atom. The third-order valence-electron chi connectivity index (χ3n) is 2.20. The molecule has 0 saturated heterocycles. The predicted molar refractivity (Wildman–Crippen MR) is 51.4 cm³/mol. The smallest absolute Gasteiger partial charge is 0.190 e. The first-order valence-corrected chi connectivity index (χ1v) is 4.26. The number of hydrogen-bond acceptors (Lipinski definition) is 0. The minimum absolute atomic E-state index is 0.496. The van der Waals surface area contributed by atoms with Crippen molar-refractivity contribution in [2.75, 3.05) is 0 Å². The van der Waals surface area contributed by atoms with Crippen LogP contribution in [0.3, 0.4) is 0 Å². The van der Waals surface area contributed by atoms with Crippen LogP contribution in [0.5, 0.6) is 0 Å². The molecule has 0 fully saturated rings. The zero-order valence-electron chi connectivity index (χ0n) is 7.54. The summed E-state index contributed by atoms with van der Waals surface area (Å²) in [4.78, 5) is 3.49. The molecule has 0 spiro atoms. The Morgan fingerprint density at radius 1 is 1.42 bits per heavy atom. The molecule has 0 bridgehead atoms. The number of benzene rings is 1. The van der Waals surface area contributed by atoms with Crippen LogP contribution < -0.4 is 0 Å². The second kappa shape index (κ2) is 3.92. The highest BCUT2D eigenvalue weighted by atomic mass is 14.6. The van der Waals surface area contributed by atoms with Crippen LogP contribution in [0.15, 0.2) is 24.3 Å². The summed E-state index contributed by atoms with van der Waals surface area (Å²) in [7, 11) is 0. The van der Waals surface area contributed by atoms with Crippen molar-refractivity contribution in [3.63, 3.8) is 0 Å². The Balaban J connectivity index is 3.07. The first-order valence-electron chi connectivity index (χ1n) is 4.26.